The molecule has 0 spiro atoms. The van der Waals surface area contributed by atoms with Crippen molar-refractivity contribution in [3.63, 3.8) is 0 Å². The SMILES string of the molecule is Cc1ccc(C)c(OCCCC(C)(C)C(=O)Nc2sc(C)c(C)c2C(N)=O)c1. The van der Waals surface area contributed by atoms with Crippen molar-refractivity contribution in [1.82, 2.24) is 0 Å². The first kappa shape index (κ1) is 22.0. The zero-order chi connectivity index (χ0) is 21.1. The molecule has 5 nitrogen and oxygen atoms in total. The van der Waals surface area contributed by atoms with Crippen LogP contribution >= 0.6 is 11.3 Å². The van der Waals surface area contributed by atoms with Gasteiger partial charge >= 0.3 is 0 Å². The van der Waals surface area contributed by atoms with E-state index in [0.29, 0.717) is 23.6 Å². The van der Waals surface area contributed by atoms with Gasteiger partial charge in [-0.25, -0.2) is 0 Å². The first-order valence-corrected chi connectivity index (χ1v) is 10.3. The summed E-state index contributed by atoms with van der Waals surface area (Å²) in [5, 5.41) is 3.44. The van der Waals surface area contributed by atoms with Crippen LogP contribution in [0.1, 0.15) is 58.6 Å². The molecule has 0 bridgehead atoms. The molecule has 2 rings (SSSR count). The molecule has 0 fully saturated rings. The standard InChI is InChI=1S/C22H30N2O3S/c1-13-8-9-14(2)17(12-13)27-11-7-10-22(5,6)21(26)24-20-18(19(23)25)15(3)16(4)28-20/h8-9,12H,7,10-11H2,1-6H3,(H2,23,25)(H,24,26). The maximum Gasteiger partial charge on any atom is 0.251 e. The third-order valence-electron chi connectivity index (χ3n) is 5.02. The van der Waals surface area contributed by atoms with Crippen LogP contribution < -0.4 is 15.8 Å². The van der Waals surface area contributed by atoms with Crippen LogP contribution in [0.3, 0.4) is 0 Å². The highest BCUT2D eigenvalue weighted by atomic mass is 32.1. The quantitative estimate of drug-likeness (QED) is 0.616. The van der Waals surface area contributed by atoms with E-state index in [4.69, 9.17) is 10.5 Å². The fraction of sp³-hybridized carbons (Fsp3) is 0.455. The number of nitrogens with two attached hydrogens (primary N) is 1. The number of hydrogen-bond acceptors (Lipinski definition) is 4. The van der Waals surface area contributed by atoms with Crippen molar-refractivity contribution in [2.75, 3.05) is 11.9 Å². The van der Waals surface area contributed by atoms with E-state index in [1.807, 2.05) is 53.7 Å². The zero-order valence-corrected chi connectivity index (χ0v) is 18.4. The van der Waals surface area contributed by atoms with Crippen LogP contribution in [0.4, 0.5) is 5.00 Å². The Kier molecular flexibility index (Phi) is 6.88. The van der Waals surface area contributed by atoms with Crippen LogP contribution in [0.25, 0.3) is 0 Å². The predicted octanol–water partition coefficient (Wildman–Crippen LogP) is 4.90. The first-order chi connectivity index (χ1) is 13.0. The molecule has 0 unspecified atom stereocenters. The molecule has 2 amide bonds. The average molecular weight is 403 g/mol. The second-order valence-electron chi connectivity index (χ2n) is 7.91. The molecule has 28 heavy (non-hydrogen) atoms. The van der Waals surface area contributed by atoms with Gasteiger partial charge in [-0.15, -0.1) is 11.3 Å². The van der Waals surface area contributed by atoms with E-state index >= 15 is 0 Å². The van der Waals surface area contributed by atoms with E-state index in [-0.39, 0.29) is 5.91 Å². The van der Waals surface area contributed by atoms with Gasteiger partial charge < -0.3 is 15.8 Å². The monoisotopic (exact) mass is 402 g/mol. The van der Waals surface area contributed by atoms with E-state index in [9.17, 15) is 9.59 Å². The van der Waals surface area contributed by atoms with Crippen LogP contribution in [0.5, 0.6) is 5.75 Å². The van der Waals surface area contributed by atoms with E-state index in [1.165, 1.54) is 11.3 Å². The van der Waals surface area contributed by atoms with Gasteiger partial charge in [-0.2, -0.15) is 0 Å². The molecular weight excluding hydrogens is 372 g/mol. The van der Waals surface area contributed by atoms with Crippen LogP contribution in [0.2, 0.25) is 0 Å². The number of amides is 2. The molecular formula is C22H30N2O3S. The number of primary amides is 1. The van der Waals surface area contributed by atoms with Gasteiger partial charge in [-0.3, -0.25) is 9.59 Å². The third-order valence-corrected chi connectivity index (χ3v) is 6.14. The lowest BCUT2D eigenvalue weighted by molar-refractivity contribution is -0.124. The van der Waals surface area contributed by atoms with Crippen LogP contribution in [0.15, 0.2) is 18.2 Å². The van der Waals surface area contributed by atoms with Gasteiger partial charge in [0.25, 0.3) is 5.91 Å². The number of thiophene rings is 1. The number of rotatable bonds is 8. The van der Waals surface area contributed by atoms with Gasteiger partial charge in [-0.1, -0.05) is 26.0 Å². The molecule has 2 aromatic rings. The van der Waals surface area contributed by atoms with Gasteiger partial charge in [0.2, 0.25) is 5.91 Å². The number of ether oxygens (including phenoxy) is 1. The topological polar surface area (TPSA) is 81.4 Å². The van der Waals surface area contributed by atoms with Crippen molar-refractivity contribution >= 4 is 28.2 Å². The summed E-state index contributed by atoms with van der Waals surface area (Å²) in [7, 11) is 0. The normalized spacial score (nSPS) is 11.4. The summed E-state index contributed by atoms with van der Waals surface area (Å²) < 4.78 is 5.89. The van der Waals surface area contributed by atoms with E-state index in [0.717, 1.165) is 33.7 Å². The molecule has 6 heteroatoms. The van der Waals surface area contributed by atoms with Crippen LogP contribution in [0, 0.1) is 33.1 Å². The lowest BCUT2D eigenvalue weighted by atomic mass is 9.87. The van der Waals surface area contributed by atoms with Crippen LogP contribution in [-0.4, -0.2) is 18.4 Å². The number of nitrogens with one attached hydrogen (secondary N) is 1. The molecule has 0 saturated heterocycles. The molecule has 3 N–H and O–H groups in total. The minimum atomic E-state index is -0.592. The third kappa shape index (κ3) is 5.13. The smallest absolute Gasteiger partial charge is 0.251 e. The molecule has 1 aromatic carbocycles. The average Bonchev–Trinajstić information content (AvgIpc) is 2.88. The van der Waals surface area contributed by atoms with Gasteiger partial charge in [0.1, 0.15) is 10.8 Å². The maximum absolute atomic E-state index is 12.8. The maximum atomic E-state index is 12.8. The van der Waals surface area contributed by atoms with E-state index < -0.39 is 11.3 Å². The fourth-order valence-electron chi connectivity index (χ4n) is 2.96. The Balaban J connectivity index is 1.95. The summed E-state index contributed by atoms with van der Waals surface area (Å²) >= 11 is 1.38. The number of hydrogen-bond donors (Lipinski definition) is 2. The summed E-state index contributed by atoms with van der Waals surface area (Å²) in [6.07, 6.45) is 1.41. The van der Waals surface area contributed by atoms with Gasteiger partial charge in [0.15, 0.2) is 0 Å². The molecule has 1 aromatic heterocycles. The number of aryl methyl sites for hydroxylation is 3. The molecule has 1 heterocycles. The molecule has 0 saturated carbocycles. The number of benzene rings is 1. The Morgan fingerprint density at radius 1 is 1.18 bits per heavy atom. The van der Waals surface area contributed by atoms with Crippen molar-refractivity contribution in [2.45, 2.75) is 54.4 Å². The molecule has 0 aliphatic rings. The Labute approximate surface area is 171 Å². The van der Waals surface area contributed by atoms with Crippen molar-refractivity contribution < 1.29 is 14.3 Å². The summed E-state index contributed by atoms with van der Waals surface area (Å²) in [5.41, 5.74) is 8.39. The minimum Gasteiger partial charge on any atom is -0.493 e. The summed E-state index contributed by atoms with van der Waals surface area (Å²) in [6, 6.07) is 6.13. The second-order valence-corrected chi connectivity index (χ2v) is 9.14. The molecule has 152 valence electrons. The summed E-state index contributed by atoms with van der Waals surface area (Å²) in [6.45, 7) is 12.2. The molecule has 0 aliphatic heterocycles. The molecule has 0 aliphatic carbocycles. The second kappa shape index (κ2) is 8.78. The van der Waals surface area contributed by atoms with Crippen molar-refractivity contribution in [3.8, 4) is 5.75 Å². The lowest BCUT2D eigenvalue weighted by Gasteiger charge is -2.23. The Bertz CT molecular complexity index is 884. The fourth-order valence-corrected chi connectivity index (χ4v) is 4.02. The van der Waals surface area contributed by atoms with E-state index in [2.05, 4.69) is 11.4 Å². The highest BCUT2D eigenvalue weighted by molar-refractivity contribution is 7.16. The Morgan fingerprint density at radius 2 is 1.86 bits per heavy atom. The van der Waals surface area contributed by atoms with Crippen LogP contribution in [-0.2, 0) is 4.79 Å². The largest absolute Gasteiger partial charge is 0.493 e. The summed E-state index contributed by atoms with van der Waals surface area (Å²) in [4.78, 5) is 25.5. The van der Waals surface area contributed by atoms with Gasteiger partial charge in [0.05, 0.1) is 12.2 Å². The zero-order valence-electron chi connectivity index (χ0n) is 17.6. The first-order valence-electron chi connectivity index (χ1n) is 9.44. The van der Waals surface area contributed by atoms with Gasteiger partial charge in [0, 0.05) is 10.3 Å². The van der Waals surface area contributed by atoms with E-state index in [1.54, 1.807) is 0 Å². The number of anilines is 1. The van der Waals surface area contributed by atoms with Gasteiger partial charge in [-0.05, 0) is 63.3 Å². The highest BCUT2D eigenvalue weighted by Crippen LogP contribution is 2.34. The number of carbonyl (C=O) groups is 2. The molecule has 0 atom stereocenters. The predicted molar refractivity (Wildman–Crippen MR) is 115 cm³/mol. The lowest BCUT2D eigenvalue weighted by Crippen LogP contribution is -2.31. The van der Waals surface area contributed by atoms with Crippen molar-refractivity contribution in [2.24, 2.45) is 11.1 Å². The Morgan fingerprint density at radius 3 is 2.50 bits per heavy atom. The van der Waals surface area contributed by atoms with Crippen molar-refractivity contribution in [3.05, 3.63) is 45.3 Å². The highest BCUT2D eigenvalue weighted by Gasteiger charge is 2.29. The minimum absolute atomic E-state index is 0.122. The number of carbonyl (C=O) groups excluding carboxylic acids is 2. The Hall–Kier alpha value is -2.34. The van der Waals surface area contributed by atoms with Crippen molar-refractivity contribution in [1.29, 1.82) is 0 Å². The molecule has 0 radical (unpaired) electrons. The summed E-state index contributed by atoms with van der Waals surface area (Å²) in [5.74, 6) is 0.248.